The van der Waals surface area contributed by atoms with Crippen LogP contribution >= 0.6 is 0 Å². The molecule has 2 aliphatic rings. The maximum Gasteiger partial charge on any atom is 0.214 e. The highest BCUT2D eigenvalue weighted by Gasteiger charge is 2.34. The maximum atomic E-state index is 11.6. The highest BCUT2D eigenvalue weighted by Crippen LogP contribution is 2.36. The smallest absolute Gasteiger partial charge is 0.214 e. The summed E-state index contributed by atoms with van der Waals surface area (Å²) in [5.74, 6) is 0.335. The third kappa shape index (κ3) is 3.01. The van der Waals surface area contributed by atoms with Gasteiger partial charge in [-0.1, -0.05) is 20.3 Å². The monoisotopic (exact) mass is 260 g/mol. The zero-order valence-electron chi connectivity index (χ0n) is 10.9. The molecule has 1 atom stereocenters. The number of nitrogens with zero attached hydrogens (tertiary/aromatic N) is 1. The third-order valence-electron chi connectivity index (χ3n) is 4.21. The van der Waals surface area contributed by atoms with Crippen LogP contribution < -0.4 is 5.32 Å². The second-order valence-electron chi connectivity index (χ2n) is 5.96. The van der Waals surface area contributed by atoms with Crippen molar-refractivity contribution in [3.8, 4) is 0 Å². The topological polar surface area (TPSA) is 49.4 Å². The number of hydrogen-bond donors (Lipinski definition) is 1. The molecule has 1 saturated heterocycles. The Balaban J connectivity index is 1.77. The minimum absolute atomic E-state index is 0.335. The molecule has 1 N–H and O–H groups in total. The highest BCUT2D eigenvalue weighted by atomic mass is 32.2. The first-order valence-corrected chi connectivity index (χ1v) is 8.24. The predicted octanol–water partition coefficient (Wildman–Crippen LogP) is 1.19. The van der Waals surface area contributed by atoms with Crippen molar-refractivity contribution in [3.63, 3.8) is 0 Å². The van der Waals surface area contributed by atoms with E-state index in [-0.39, 0.29) is 0 Å². The van der Waals surface area contributed by atoms with E-state index in [9.17, 15) is 8.42 Å². The Morgan fingerprint density at radius 1 is 1.35 bits per heavy atom. The van der Waals surface area contributed by atoms with Gasteiger partial charge >= 0.3 is 0 Å². The molecule has 0 radical (unpaired) electrons. The first kappa shape index (κ1) is 13.3. The summed E-state index contributed by atoms with van der Waals surface area (Å²) in [7, 11) is -2.92. The molecular weight excluding hydrogens is 236 g/mol. The molecule has 100 valence electrons. The molecule has 1 aliphatic heterocycles. The van der Waals surface area contributed by atoms with E-state index in [1.165, 1.54) is 19.3 Å². The Bertz CT molecular complexity index is 365. The molecule has 2 rings (SSSR count). The number of rotatable bonds is 4. The van der Waals surface area contributed by atoms with E-state index in [0.717, 1.165) is 13.0 Å². The van der Waals surface area contributed by atoms with Crippen LogP contribution in [-0.2, 0) is 10.0 Å². The quantitative estimate of drug-likeness (QED) is 0.826. The highest BCUT2D eigenvalue weighted by molar-refractivity contribution is 7.89. The second kappa shape index (κ2) is 4.86. The average molecular weight is 260 g/mol. The van der Waals surface area contributed by atoms with Gasteiger partial charge in [-0.25, -0.2) is 12.7 Å². The van der Waals surface area contributed by atoms with E-state index < -0.39 is 10.0 Å². The zero-order valence-corrected chi connectivity index (χ0v) is 11.7. The van der Waals surface area contributed by atoms with E-state index in [4.69, 9.17) is 0 Å². The van der Waals surface area contributed by atoms with Crippen molar-refractivity contribution < 1.29 is 8.42 Å². The molecule has 2 fully saturated rings. The second-order valence-corrected chi connectivity index (χ2v) is 8.04. The van der Waals surface area contributed by atoms with E-state index in [0.29, 0.717) is 30.3 Å². The molecular formula is C12H24N2O2S. The molecule has 1 heterocycles. The first-order chi connectivity index (χ1) is 7.92. The fraction of sp³-hybridized carbons (Fsp3) is 1.00. The summed E-state index contributed by atoms with van der Waals surface area (Å²) in [6, 6.07) is 0.549. The Labute approximate surface area is 105 Å². The minimum atomic E-state index is -2.92. The lowest BCUT2D eigenvalue weighted by Gasteiger charge is -2.28. The minimum Gasteiger partial charge on any atom is -0.312 e. The summed E-state index contributed by atoms with van der Waals surface area (Å²) in [5.41, 5.74) is 0.365. The summed E-state index contributed by atoms with van der Waals surface area (Å²) < 4.78 is 24.9. The van der Waals surface area contributed by atoms with Gasteiger partial charge in [0.15, 0.2) is 0 Å². The molecule has 17 heavy (non-hydrogen) atoms. The van der Waals surface area contributed by atoms with Crippen LogP contribution in [-0.4, -0.2) is 44.2 Å². The molecule has 5 heteroatoms. The van der Waals surface area contributed by atoms with Crippen molar-refractivity contribution in [1.29, 1.82) is 0 Å². The Morgan fingerprint density at radius 2 is 2.12 bits per heavy atom. The van der Waals surface area contributed by atoms with E-state index >= 15 is 0 Å². The summed E-state index contributed by atoms with van der Waals surface area (Å²) in [5, 5.41) is 3.53. The summed E-state index contributed by atoms with van der Waals surface area (Å²) in [6.07, 6.45) is 4.57. The summed E-state index contributed by atoms with van der Waals surface area (Å²) >= 11 is 0. The van der Waals surface area contributed by atoms with Gasteiger partial charge < -0.3 is 5.32 Å². The van der Waals surface area contributed by atoms with Gasteiger partial charge in [-0.2, -0.15) is 0 Å². The molecule has 0 bridgehead atoms. The first-order valence-electron chi connectivity index (χ1n) is 6.63. The SMILES string of the molecule is CC1(C)CCCC1NCCN1CCCS1(=O)=O. The normalized spacial score (nSPS) is 32.0. The molecule has 0 amide bonds. The van der Waals surface area contributed by atoms with Crippen molar-refractivity contribution in [2.75, 3.05) is 25.4 Å². The Kier molecular flexibility index (Phi) is 3.80. The number of nitrogens with one attached hydrogen (secondary N) is 1. The molecule has 0 aromatic carbocycles. The van der Waals surface area contributed by atoms with Crippen LogP contribution in [0.3, 0.4) is 0 Å². The van der Waals surface area contributed by atoms with Gasteiger partial charge in [-0.3, -0.25) is 0 Å². The maximum absolute atomic E-state index is 11.6. The van der Waals surface area contributed by atoms with Crippen LogP contribution in [0.4, 0.5) is 0 Å². The van der Waals surface area contributed by atoms with E-state index in [2.05, 4.69) is 19.2 Å². The standard InChI is InChI=1S/C12H24N2O2S/c1-12(2)6-3-5-11(12)13-7-9-14-8-4-10-17(14,15)16/h11,13H,3-10H2,1-2H3. The van der Waals surface area contributed by atoms with Crippen molar-refractivity contribution in [2.24, 2.45) is 5.41 Å². The van der Waals surface area contributed by atoms with E-state index in [1.54, 1.807) is 4.31 Å². The number of hydrogen-bond acceptors (Lipinski definition) is 3. The summed E-state index contributed by atoms with van der Waals surface area (Å²) in [6.45, 7) is 6.72. The van der Waals surface area contributed by atoms with E-state index in [1.807, 2.05) is 0 Å². The van der Waals surface area contributed by atoms with Crippen LogP contribution in [0.5, 0.6) is 0 Å². The van der Waals surface area contributed by atoms with Crippen LogP contribution in [0.15, 0.2) is 0 Å². The Hall–Kier alpha value is -0.130. The fourth-order valence-corrected chi connectivity index (χ4v) is 4.54. The molecule has 0 spiro atoms. The zero-order chi connectivity index (χ0) is 12.5. The lowest BCUT2D eigenvalue weighted by molar-refractivity contribution is 0.278. The summed E-state index contributed by atoms with van der Waals surface area (Å²) in [4.78, 5) is 0. The van der Waals surface area contributed by atoms with Gasteiger partial charge in [0, 0.05) is 25.7 Å². The van der Waals surface area contributed by atoms with Crippen molar-refractivity contribution in [2.45, 2.75) is 45.6 Å². The van der Waals surface area contributed by atoms with Gasteiger partial charge in [-0.15, -0.1) is 0 Å². The van der Waals surface area contributed by atoms with Gasteiger partial charge in [0.1, 0.15) is 0 Å². The molecule has 0 aromatic heterocycles. The van der Waals surface area contributed by atoms with Crippen LogP contribution in [0.25, 0.3) is 0 Å². The molecule has 4 nitrogen and oxygen atoms in total. The fourth-order valence-electron chi connectivity index (χ4n) is 3.01. The van der Waals surface area contributed by atoms with Gasteiger partial charge in [0.05, 0.1) is 5.75 Å². The molecule has 1 unspecified atom stereocenters. The van der Waals surface area contributed by atoms with Crippen molar-refractivity contribution >= 4 is 10.0 Å². The van der Waals surface area contributed by atoms with Crippen LogP contribution in [0, 0.1) is 5.41 Å². The van der Waals surface area contributed by atoms with Crippen LogP contribution in [0.2, 0.25) is 0 Å². The predicted molar refractivity (Wildman–Crippen MR) is 69.4 cm³/mol. The van der Waals surface area contributed by atoms with Gasteiger partial charge in [0.25, 0.3) is 0 Å². The lowest BCUT2D eigenvalue weighted by atomic mass is 9.87. The molecule has 1 aliphatic carbocycles. The van der Waals surface area contributed by atoms with Crippen LogP contribution in [0.1, 0.15) is 39.5 Å². The van der Waals surface area contributed by atoms with Gasteiger partial charge in [-0.05, 0) is 24.7 Å². The third-order valence-corrected chi connectivity index (χ3v) is 6.17. The Morgan fingerprint density at radius 3 is 2.65 bits per heavy atom. The molecule has 1 saturated carbocycles. The molecule has 0 aromatic rings. The van der Waals surface area contributed by atoms with Crippen molar-refractivity contribution in [3.05, 3.63) is 0 Å². The average Bonchev–Trinajstić information content (AvgIpc) is 2.71. The largest absolute Gasteiger partial charge is 0.312 e. The van der Waals surface area contributed by atoms with Gasteiger partial charge in [0.2, 0.25) is 10.0 Å². The number of sulfonamides is 1. The van der Waals surface area contributed by atoms with Crippen molar-refractivity contribution in [1.82, 2.24) is 9.62 Å². The lowest BCUT2D eigenvalue weighted by Crippen LogP contribution is -2.42.